The van der Waals surface area contributed by atoms with Gasteiger partial charge in [-0.2, -0.15) is 11.8 Å². The summed E-state index contributed by atoms with van der Waals surface area (Å²) in [5.41, 5.74) is 8.36. The zero-order valence-corrected chi connectivity index (χ0v) is 13.4. The van der Waals surface area contributed by atoms with Crippen molar-refractivity contribution in [1.29, 1.82) is 0 Å². The third kappa shape index (κ3) is 5.85. The number of nitrogens with one attached hydrogen (secondary N) is 1. The highest BCUT2D eigenvalue weighted by atomic mass is 35.5. The van der Waals surface area contributed by atoms with E-state index in [1.54, 1.807) is 0 Å². The summed E-state index contributed by atoms with van der Waals surface area (Å²) in [5.74, 6) is 1.06. The van der Waals surface area contributed by atoms with Crippen LogP contribution in [0.5, 0.6) is 0 Å². The molecule has 0 saturated heterocycles. The molecular weight excluding hydrogens is 280 g/mol. The molecule has 19 heavy (non-hydrogen) atoms. The number of benzene rings is 1. The maximum atomic E-state index is 11.9. The van der Waals surface area contributed by atoms with Crippen LogP contribution in [0.2, 0.25) is 5.02 Å². The van der Waals surface area contributed by atoms with Gasteiger partial charge in [0.2, 0.25) is 5.91 Å². The van der Waals surface area contributed by atoms with Crippen LogP contribution in [-0.2, 0) is 4.79 Å². The number of carbonyl (C=O) groups excluding carboxylic acids is 1. The maximum Gasteiger partial charge on any atom is 0.234 e. The van der Waals surface area contributed by atoms with E-state index in [0.717, 1.165) is 16.9 Å². The first kappa shape index (κ1) is 16.3. The molecule has 3 N–H and O–H groups in total. The van der Waals surface area contributed by atoms with Crippen molar-refractivity contribution >= 4 is 35.0 Å². The number of hydrogen-bond donors (Lipinski definition) is 2. The van der Waals surface area contributed by atoms with Gasteiger partial charge in [0.15, 0.2) is 0 Å². The van der Waals surface area contributed by atoms with Gasteiger partial charge in [0.1, 0.15) is 0 Å². The topological polar surface area (TPSA) is 55.1 Å². The van der Waals surface area contributed by atoms with Crippen LogP contribution in [0.15, 0.2) is 12.1 Å². The van der Waals surface area contributed by atoms with E-state index in [2.05, 4.69) is 5.32 Å². The third-order valence-electron chi connectivity index (χ3n) is 2.40. The molecule has 0 unspecified atom stereocenters. The van der Waals surface area contributed by atoms with Gasteiger partial charge in [-0.1, -0.05) is 17.7 Å². The second-order valence-electron chi connectivity index (χ2n) is 5.47. The first-order valence-corrected chi connectivity index (χ1v) is 7.65. The van der Waals surface area contributed by atoms with Crippen LogP contribution >= 0.6 is 23.4 Å². The number of anilines is 1. The standard InChI is InChI=1S/C14H21ClN2OS/c1-9-5-10(2)13(11(15)6-9)17-12(18)7-19-8-14(3,4)16/h5-6H,7-8,16H2,1-4H3,(H,17,18). The first-order chi connectivity index (χ1) is 8.69. The van der Waals surface area contributed by atoms with Gasteiger partial charge in [-0.25, -0.2) is 0 Å². The summed E-state index contributed by atoms with van der Waals surface area (Å²) in [5, 5.41) is 3.44. The average Bonchev–Trinajstić information content (AvgIpc) is 2.21. The molecule has 0 aliphatic rings. The Morgan fingerprint density at radius 1 is 1.42 bits per heavy atom. The Bertz CT molecular complexity index is 446. The van der Waals surface area contributed by atoms with Gasteiger partial charge < -0.3 is 11.1 Å². The monoisotopic (exact) mass is 300 g/mol. The molecule has 0 aromatic heterocycles. The Balaban J connectivity index is 2.58. The van der Waals surface area contributed by atoms with Crippen LogP contribution < -0.4 is 11.1 Å². The Kier molecular flexibility index (Phi) is 5.71. The van der Waals surface area contributed by atoms with E-state index in [4.69, 9.17) is 17.3 Å². The van der Waals surface area contributed by atoms with E-state index in [1.165, 1.54) is 11.8 Å². The highest BCUT2D eigenvalue weighted by molar-refractivity contribution is 8.00. The van der Waals surface area contributed by atoms with E-state index >= 15 is 0 Å². The molecule has 106 valence electrons. The number of hydrogen-bond acceptors (Lipinski definition) is 3. The fourth-order valence-corrected chi connectivity index (χ4v) is 2.91. The van der Waals surface area contributed by atoms with Gasteiger partial charge in [-0.15, -0.1) is 0 Å². The molecule has 0 fully saturated rings. The minimum atomic E-state index is -0.262. The molecule has 0 radical (unpaired) electrons. The number of thioether (sulfide) groups is 1. The summed E-state index contributed by atoms with van der Waals surface area (Å²) in [7, 11) is 0. The molecule has 0 aliphatic carbocycles. The van der Waals surface area contributed by atoms with Crippen molar-refractivity contribution in [2.75, 3.05) is 16.8 Å². The van der Waals surface area contributed by atoms with Crippen molar-refractivity contribution in [1.82, 2.24) is 0 Å². The molecule has 1 aromatic rings. The number of carbonyl (C=O) groups is 1. The number of aryl methyl sites for hydroxylation is 2. The summed E-state index contributed by atoms with van der Waals surface area (Å²) < 4.78 is 0. The minimum absolute atomic E-state index is 0.0527. The summed E-state index contributed by atoms with van der Waals surface area (Å²) in [6.07, 6.45) is 0. The summed E-state index contributed by atoms with van der Waals surface area (Å²) >= 11 is 7.67. The molecule has 0 spiro atoms. The number of nitrogens with two attached hydrogens (primary N) is 1. The molecular formula is C14H21ClN2OS. The molecule has 1 amide bonds. The van der Waals surface area contributed by atoms with Crippen LogP contribution in [0.25, 0.3) is 0 Å². The van der Waals surface area contributed by atoms with Crippen LogP contribution in [-0.4, -0.2) is 23.0 Å². The predicted octanol–water partition coefficient (Wildman–Crippen LogP) is 3.37. The average molecular weight is 301 g/mol. The molecule has 3 nitrogen and oxygen atoms in total. The maximum absolute atomic E-state index is 11.9. The van der Waals surface area contributed by atoms with Gasteiger partial charge in [-0.3, -0.25) is 4.79 Å². The zero-order valence-electron chi connectivity index (χ0n) is 11.8. The van der Waals surface area contributed by atoms with Gasteiger partial charge in [-0.05, 0) is 44.9 Å². The summed E-state index contributed by atoms with van der Waals surface area (Å²) in [4.78, 5) is 11.9. The molecule has 0 bridgehead atoms. The smallest absolute Gasteiger partial charge is 0.234 e. The molecule has 0 heterocycles. The fraction of sp³-hybridized carbons (Fsp3) is 0.500. The molecule has 1 rings (SSSR count). The van der Waals surface area contributed by atoms with E-state index in [0.29, 0.717) is 16.5 Å². The normalized spacial score (nSPS) is 11.5. The highest BCUT2D eigenvalue weighted by Gasteiger charge is 2.13. The minimum Gasteiger partial charge on any atom is -0.325 e. The van der Waals surface area contributed by atoms with Crippen molar-refractivity contribution in [3.8, 4) is 0 Å². The van der Waals surface area contributed by atoms with E-state index in [-0.39, 0.29) is 11.4 Å². The SMILES string of the molecule is Cc1cc(C)c(NC(=O)CSCC(C)(C)N)c(Cl)c1. The van der Waals surface area contributed by atoms with Gasteiger partial charge in [0.05, 0.1) is 16.5 Å². The second-order valence-corrected chi connectivity index (χ2v) is 6.86. The lowest BCUT2D eigenvalue weighted by molar-refractivity contribution is -0.113. The number of halogens is 1. The van der Waals surface area contributed by atoms with Crippen LogP contribution in [0.4, 0.5) is 5.69 Å². The van der Waals surface area contributed by atoms with Crippen molar-refractivity contribution < 1.29 is 4.79 Å². The summed E-state index contributed by atoms with van der Waals surface area (Å²) in [6, 6.07) is 3.85. The van der Waals surface area contributed by atoms with Gasteiger partial charge in [0.25, 0.3) is 0 Å². The van der Waals surface area contributed by atoms with Crippen LogP contribution in [0.3, 0.4) is 0 Å². The highest BCUT2D eigenvalue weighted by Crippen LogP contribution is 2.27. The number of amides is 1. The Morgan fingerprint density at radius 3 is 2.58 bits per heavy atom. The predicted molar refractivity (Wildman–Crippen MR) is 85.1 cm³/mol. The van der Waals surface area contributed by atoms with E-state index in [1.807, 2.05) is 39.8 Å². The molecule has 0 atom stereocenters. The lowest BCUT2D eigenvalue weighted by Crippen LogP contribution is -2.35. The van der Waals surface area contributed by atoms with E-state index in [9.17, 15) is 4.79 Å². The van der Waals surface area contributed by atoms with Crippen molar-refractivity contribution in [2.45, 2.75) is 33.2 Å². The first-order valence-electron chi connectivity index (χ1n) is 6.12. The Labute approximate surface area is 124 Å². The molecule has 0 aliphatic heterocycles. The Morgan fingerprint density at radius 2 is 2.05 bits per heavy atom. The van der Waals surface area contributed by atoms with Crippen molar-refractivity contribution in [2.24, 2.45) is 5.73 Å². The van der Waals surface area contributed by atoms with Crippen molar-refractivity contribution in [3.63, 3.8) is 0 Å². The van der Waals surface area contributed by atoms with Crippen LogP contribution in [0.1, 0.15) is 25.0 Å². The van der Waals surface area contributed by atoms with E-state index < -0.39 is 0 Å². The lowest BCUT2D eigenvalue weighted by atomic mass is 10.1. The van der Waals surface area contributed by atoms with Crippen LogP contribution in [0, 0.1) is 13.8 Å². The van der Waals surface area contributed by atoms with Gasteiger partial charge in [0, 0.05) is 11.3 Å². The zero-order chi connectivity index (χ0) is 14.6. The van der Waals surface area contributed by atoms with Crippen molar-refractivity contribution in [3.05, 3.63) is 28.3 Å². The quantitative estimate of drug-likeness (QED) is 0.876. The number of rotatable bonds is 5. The largest absolute Gasteiger partial charge is 0.325 e. The summed E-state index contributed by atoms with van der Waals surface area (Å²) in [6.45, 7) is 7.80. The Hall–Kier alpha value is -0.710. The lowest BCUT2D eigenvalue weighted by Gasteiger charge is -2.17. The fourth-order valence-electron chi connectivity index (χ4n) is 1.66. The van der Waals surface area contributed by atoms with Gasteiger partial charge >= 0.3 is 0 Å². The second kappa shape index (κ2) is 6.64. The molecule has 1 aromatic carbocycles. The molecule has 0 saturated carbocycles. The third-order valence-corrected chi connectivity index (χ3v) is 4.12. The molecule has 5 heteroatoms.